The van der Waals surface area contributed by atoms with Gasteiger partial charge in [0.1, 0.15) is 6.61 Å². The third-order valence-corrected chi connectivity index (χ3v) is 3.70. The quantitative estimate of drug-likeness (QED) is 0.657. The second-order valence-electron chi connectivity index (χ2n) is 5.68. The number of rotatable bonds is 10. The molecule has 0 aliphatic heterocycles. The summed E-state index contributed by atoms with van der Waals surface area (Å²) in [6.07, 6.45) is 2.67. The number of nitrogens with one attached hydrogen (secondary N) is 2. The third kappa shape index (κ3) is 7.79. The minimum absolute atomic E-state index is 0.313. The Morgan fingerprint density at radius 3 is 2.12 bits per heavy atom. The van der Waals surface area contributed by atoms with Crippen LogP contribution in [0.15, 0.2) is 60.7 Å². The second kappa shape index (κ2) is 11.2. The zero-order chi connectivity index (χ0) is 16.9. The fraction of sp³-hybridized carbons (Fsp3) is 0.350. The number of carbonyl (C=O) groups is 1. The number of unbranched alkanes of at least 4 members (excludes halogenated alkanes) is 1. The first kappa shape index (κ1) is 18.0. The Morgan fingerprint density at radius 2 is 1.42 bits per heavy atom. The van der Waals surface area contributed by atoms with Crippen LogP contribution in [0.5, 0.6) is 0 Å². The van der Waals surface area contributed by atoms with Crippen LogP contribution in [0, 0.1) is 0 Å². The monoisotopic (exact) mass is 326 g/mol. The smallest absolute Gasteiger partial charge is 0.407 e. The van der Waals surface area contributed by atoms with E-state index >= 15 is 0 Å². The van der Waals surface area contributed by atoms with Crippen molar-refractivity contribution in [2.45, 2.75) is 25.9 Å². The van der Waals surface area contributed by atoms with Gasteiger partial charge in [0.2, 0.25) is 0 Å². The Labute approximate surface area is 144 Å². The van der Waals surface area contributed by atoms with Gasteiger partial charge in [0.15, 0.2) is 0 Å². The van der Waals surface area contributed by atoms with Crippen molar-refractivity contribution in [1.82, 2.24) is 10.6 Å². The van der Waals surface area contributed by atoms with Gasteiger partial charge >= 0.3 is 6.09 Å². The molecule has 2 N–H and O–H groups in total. The highest BCUT2D eigenvalue weighted by Crippen LogP contribution is 2.00. The highest BCUT2D eigenvalue weighted by molar-refractivity contribution is 5.67. The fourth-order valence-corrected chi connectivity index (χ4v) is 2.34. The largest absolute Gasteiger partial charge is 0.445 e. The molecule has 1 amide bonds. The van der Waals surface area contributed by atoms with Gasteiger partial charge in [0.25, 0.3) is 0 Å². The van der Waals surface area contributed by atoms with E-state index in [-0.39, 0.29) is 6.09 Å². The van der Waals surface area contributed by atoms with Gasteiger partial charge in [-0.15, -0.1) is 0 Å². The molecule has 0 fully saturated rings. The van der Waals surface area contributed by atoms with Crippen molar-refractivity contribution in [3.8, 4) is 0 Å². The first-order valence-electron chi connectivity index (χ1n) is 8.54. The molecule has 24 heavy (non-hydrogen) atoms. The van der Waals surface area contributed by atoms with Gasteiger partial charge < -0.3 is 15.4 Å². The standard InChI is InChI=1S/C20H26N2O2/c23-20(24-17-19-11-5-2-6-12-19)22-15-8-7-14-21-16-13-18-9-3-1-4-10-18/h1-6,9-12,21H,7-8,13-17H2,(H,22,23). The summed E-state index contributed by atoms with van der Waals surface area (Å²) in [5, 5.41) is 6.21. The maximum absolute atomic E-state index is 11.6. The summed E-state index contributed by atoms with van der Waals surface area (Å²) in [6, 6.07) is 20.1. The normalized spacial score (nSPS) is 10.3. The van der Waals surface area contributed by atoms with Crippen molar-refractivity contribution >= 4 is 6.09 Å². The molecule has 2 aromatic rings. The molecule has 0 aliphatic rings. The minimum atomic E-state index is -0.351. The number of hydrogen-bond donors (Lipinski definition) is 2. The van der Waals surface area contributed by atoms with Gasteiger partial charge in [-0.3, -0.25) is 0 Å². The zero-order valence-electron chi connectivity index (χ0n) is 14.0. The molecule has 0 aliphatic carbocycles. The van der Waals surface area contributed by atoms with Crippen molar-refractivity contribution in [3.63, 3.8) is 0 Å². The number of alkyl carbamates (subject to hydrolysis) is 1. The molecule has 2 aromatic carbocycles. The lowest BCUT2D eigenvalue weighted by Crippen LogP contribution is -2.26. The second-order valence-corrected chi connectivity index (χ2v) is 5.68. The Kier molecular flexibility index (Phi) is 8.44. The number of amides is 1. The van der Waals surface area contributed by atoms with Crippen molar-refractivity contribution in [1.29, 1.82) is 0 Å². The molecule has 2 rings (SSSR count). The van der Waals surface area contributed by atoms with E-state index in [1.165, 1.54) is 5.56 Å². The molecular formula is C20H26N2O2. The first-order chi connectivity index (χ1) is 11.8. The molecule has 0 unspecified atom stereocenters. The van der Waals surface area contributed by atoms with Crippen molar-refractivity contribution in [2.75, 3.05) is 19.6 Å². The Balaban J connectivity index is 1.41. The summed E-state index contributed by atoms with van der Waals surface area (Å²) in [5.41, 5.74) is 2.35. The molecule has 0 saturated carbocycles. The van der Waals surface area contributed by atoms with E-state index in [2.05, 4.69) is 34.9 Å². The van der Waals surface area contributed by atoms with E-state index in [9.17, 15) is 4.79 Å². The van der Waals surface area contributed by atoms with Crippen molar-refractivity contribution < 1.29 is 9.53 Å². The maximum Gasteiger partial charge on any atom is 0.407 e. The summed E-state index contributed by atoms with van der Waals surface area (Å²) >= 11 is 0. The lowest BCUT2D eigenvalue weighted by atomic mass is 10.1. The number of carbonyl (C=O) groups excluding carboxylic acids is 1. The van der Waals surface area contributed by atoms with Crippen molar-refractivity contribution in [3.05, 3.63) is 71.8 Å². The molecular weight excluding hydrogens is 300 g/mol. The number of ether oxygens (including phenoxy) is 1. The molecule has 4 nitrogen and oxygen atoms in total. The topological polar surface area (TPSA) is 50.4 Å². The van der Waals surface area contributed by atoms with E-state index in [1.807, 2.05) is 36.4 Å². The van der Waals surface area contributed by atoms with Crippen LogP contribution in [-0.2, 0) is 17.8 Å². The molecule has 0 heterocycles. The lowest BCUT2D eigenvalue weighted by Gasteiger charge is -2.08. The average molecular weight is 326 g/mol. The van der Waals surface area contributed by atoms with Crippen LogP contribution in [-0.4, -0.2) is 25.7 Å². The van der Waals surface area contributed by atoms with Crippen LogP contribution in [0.1, 0.15) is 24.0 Å². The molecule has 4 heteroatoms. The molecule has 0 radical (unpaired) electrons. The summed E-state index contributed by atoms with van der Waals surface area (Å²) in [7, 11) is 0. The predicted molar refractivity (Wildman–Crippen MR) is 96.9 cm³/mol. The Bertz CT molecular complexity index is 573. The molecule has 0 atom stereocenters. The Hall–Kier alpha value is -2.33. The zero-order valence-corrected chi connectivity index (χ0v) is 14.0. The van der Waals surface area contributed by atoms with E-state index in [0.717, 1.165) is 37.9 Å². The van der Waals surface area contributed by atoms with Crippen molar-refractivity contribution in [2.24, 2.45) is 0 Å². The predicted octanol–water partition coefficient (Wildman–Crippen LogP) is 3.53. The minimum Gasteiger partial charge on any atom is -0.445 e. The molecule has 128 valence electrons. The van der Waals surface area contributed by atoms with Crippen LogP contribution in [0.3, 0.4) is 0 Å². The molecule has 0 saturated heterocycles. The number of hydrogen-bond acceptors (Lipinski definition) is 3. The van der Waals surface area contributed by atoms with Gasteiger partial charge in [-0.2, -0.15) is 0 Å². The van der Waals surface area contributed by atoms with E-state index in [1.54, 1.807) is 0 Å². The van der Waals surface area contributed by atoms with E-state index < -0.39 is 0 Å². The van der Waals surface area contributed by atoms with Gasteiger partial charge in [0.05, 0.1) is 0 Å². The highest BCUT2D eigenvalue weighted by Gasteiger charge is 2.01. The van der Waals surface area contributed by atoms with Gasteiger partial charge in [-0.05, 0) is 43.5 Å². The summed E-state index contributed by atoms with van der Waals surface area (Å²) in [4.78, 5) is 11.6. The first-order valence-corrected chi connectivity index (χ1v) is 8.54. The van der Waals surface area contributed by atoms with Gasteiger partial charge in [-0.1, -0.05) is 60.7 Å². The lowest BCUT2D eigenvalue weighted by molar-refractivity contribution is 0.139. The van der Waals surface area contributed by atoms with Gasteiger partial charge in [-0.25, -0.2) is 4.79 Å². The Morgan fingerprint density at radius 1 is 0.792 bits per heavy atom. The van der Waals surface area contributed by atoms with Crippen LogP contribution in [0.4, 0.5) is 4.79 Å². The molecule has 0 bridgehead atoms. The highest BCUT2D eigenvalue weighted by atomic mass is 16.5. The van der Waals surface area contributed by atoms with Gasteiger partial charge in [0, 0.05) is 6.54 Å². The van der Waals surface area contributed by atoms with Crippen LogP contribution >= 0.6 is 0 Å². The SMILES string of the molecule is O=C(NCCCCNCCc1ccccc1)OCc1ccccc1. The van der Waals surface area contributed by atoms with Crippen LogP contribution < -0.4 is 10.6 Å². The summed E-state index contributed by atoms with van der Waals surface area (Å²) in [5.74, 6) is 0. The number of benzene rings is 2. The molecule has 0 spiro atoms. The third-order valence-electron chi connectivity index (χ3n) is 3.70. The fourth-order valence-electron chi connectivity index (χ4n) is 2.34. The van der Waals surface area contributed by atoms with E-state index in [4.69, 9.17) is 4.74 Å². The summed E-state index contributed by atoms with van der Waals surface area (Å²) < 4.78 is 5.16. The summed E-state index contributed by atoms with van der Waals surface area (Å²) in [6.45, 7) is 2.91. The average Bonchev–Trinajstić information content (AvgIpc) is 2.64. The van der Waals surface area contributed by atoms with Crippen LogP contribution in [0.25, 0.3) is 0 Å². The maximum atomic E-state index is 11.6. The van der Waals surface area contributed by atoms with Crippen LogP contribution in [0.2, 0.25) is 0 Å². The molecule has 0 aromatic heterocycles. The van der Waals surface area contributed by atoms with E-state index in [0.29, 0.717) is 13.2 Å².